The lowest BCUT2D eigenvalue weighted by Gasteiger charge is -2.22. The Balaban J connectivity index is 1.95. The summed E-state index contributed by atoms with van der Waals surface area (Å²) in [6.45, 7) is 2.56. The van der Waals surface area contributed by atoms with Crippen LogP contribution in [0.4, 0.5) is 0 Å². The molecule has 0 saturated heterocycles. The molecule has 0 bridgehead atoms. The molecule has 0 radical (unpaired) electrons. The van der Waals surface area contributed by atoms with Crippen molar-refractivity contribution < 1.29 is 14.6 Å². The summed E-state index contributed by atoms with van der Waals surface area (Å²) in [6, 6.07) is 13.0. The van der Waals surface area contributed by atoms with E-state index in [2.05, 4.69) is 0 Å². The first-order chi connectivity index (χ1) is 10.1. The number of fused-ring (bicyclic) bond motifs is 1. The number of methoxy groups -OCH3 is 1. The summed E-state index contributed by atoms with van der Waals surface area (Å²) in [7, 11) is 1.47. The van der Waals surface area contributed by atoms with Crippen LogP contribution >= 0.6 is 0 Å². The van der Waals surface area contributed by atoms with Gasteiger partial charge in [0, 0.05) is 6.54 Å². The molecule has 0 unspecified atom stereocenters. The van der Waals surface area contributed by atoms with E-state index in [4.69, 9.17) is 4.74 Å². The molecule has 0 aliphatic carbocycles. The van der Waals surface area contributed by atoms with Crippen LogP contribution in [0, 0.1) is 0 Å². The number of rotatable bonds is 2. The Labute approximate surface area is 123 Å². The van der Waals surface area contributed by atoms with Crippen LogP contribution < -0.4 is 4.74 Å². The average Bonchev–Trinajstić information content (AvgIpc) is 2.84. The molecule has 0 saturated carbocycles. The first-order valence-corrected chi connectivity index (χ1v) is 6.88. The normalized spacial score (nSPS) is 16.7. The second kappa shape index (κ2) is 5.13. The van der Waals surface area contributed by atoms with Gasteiger partial charge in [0.15, 0.2) is 11.5 Å². The summed E-state index contributed by atoms with van der Waals surface area (Å²) < 4.78 is 5.07. The molecule has 1 amide bonds. The third kappa shape index (κ3) is 2.13. The molecule has 1 N–H and O–H groups in total. The molecule has 108 valence electrons. The van der Waals surface area contributed by atoms with Gasteiger partial charge in [0.05, 0.1) is 18.7 Å². The van der Waals surface area contributed by atoms with Crippen molar-refractivity contribution in [2.45, 2.75) is 19.5 Å². The summed E-state index contributed by atoms with van der Waals surface area (Å²) in [5, 5.41) is 10.2. The maximum Gasteiger partial charge on any atom is 0.258 e. The number of ether oxygens (including phenoxy) is 1. The monoisotopic (exact) mass is 283 g/mol. The van der Waals surface area contributed by atoms with Gasteiger partial charge in [-0.3, -0.25) is 4.79 Å². The minimum Gasteiger partial charge on any atom is -0.504 e. The highest BCUT2D eigenvalue weighted by molar-refractivity contribution is 5.98. The van der Waals surface area contributed by atoms with Gasteiger partial charge in [-0.2, -0.15) is 0 Å². The van der Waals surface area contributed by atoms with E-state index in [9.17, 15) is 9.90 Å². The van der Waals surface area contributed by atoms with E-state index in [0.29, 0.717) is 12.3 Å². The van der Waals surface area contributed by atoms with Crippen molar-refractivity contribution in [3.63, 3.8) is 0 Å². The third-order valence-corrected chi connectivity index (χ3v) is 4.02. The third-order valence-electron chi connectivity index (χ3n) is 4.02. The molecule has 1 heterocycles. The minimum atomic E-state index is -0.185. The molecule has 21 heavy (non-hydrogen) atoms. The molecule has 0 aromatic heterocycles. The first-order valence-electron chi connectivity index (χ1n) is 6.88. The van der Waals surface area contributed by atoms with E-state index >= 15 is 0 Å². The van der Waals surface area contributed by atoms with Crippen molar-refractivity contribution in [2.75, 3.05) is 7.11 Å². The zero-order valence-electron chi connectivity index (χ0n) is 12.0. The van der Waals surface area contributed by atoms with Crippen molar-refractivity contribution >= 4 is 5.91 Å². The Morgan fingerprint density at radius 1 is 1.24 bits per heavy atom. The van der Waals surface area contributed by atoms with Crippen LogP contribution in [0.2, 0.25) is 0 Å². The predicted molar refractivity (Wildman–Crippen MR) is 79.4 cm³/mol. The summed E-state index contributed by atoms with van der Waals surface area (Å²) in [6.07, 6.45) is 0. The highest BCUT2D eigenvalue weighted by Crippen LogP contribution is 2.37. The number of phenols is 1. The number of carbonyl (C=O) groups excluding carboxylic acids is 1. The SMILES string of the molecule is COc1cccc(C(=O)N2Cc3ccccc3[C@@H]2C)c1O. The van der Waals surface area contributed by atoms with Gasteiger partial charge in [0.2, 0.25) is 0 Å². The Morgan fingerprint density at radius 3 is 2.71 bits per heavy atom. The van der Waals surface area contributed by atoms with Crippen LogP contribution in [0.15, 0.2) is 42.5 Å². The van der Waals surface area contributed by atoms with E-state index in [0.717, 1.165) is 11.1 Å². The van der Waals surface area contributed by atoms with Crippen LogP contribution in [-0.2, 0) is 6.54 Å². The largest absolute Gasteiger partial charge is 0.504 e. The zero-order chi connectivity index (χ0) is 15.0. The molecule has 4 heteroatoms. The molecule has 2 aromatic carbocycles. The Hall–Kier alpha value is -2.49. The lowest BCUT2D eigenvalue weighted by Crippen LogP contribution is -2.28. The van der Waals surface area contributed by atoms with Gasteiger partial charge in [0.1, 0.15) is 0 Å². The van der Waals surface area contributed by atoms with E-state index in [1.165, 1.54) is 7.11 Å². The Morgan fingerprint density at radius 2 is 2.00 bits per heavy atom. The molecule has 3 rings (SSSR count). The van der Waals surface area contributed by atoms with E-state index in [1.807, 2.05) is 31.2 Å². The van der Waals surface area contributed by atoms with Gasteiger partial charge in [-0.05, 0) is 30.2 Å². The predicted octanol–water partition coefficient (Wildman–Crippen LogP) is 3.12. The smallest absolute Gasteiger partial charge is 0.258 e. The minimum absolute atomic E-state index is 0.000647. The molecule has 2 aromatic rings. The van der Waals surface area contributed by atoms with Crippen molar-refractivity contribution in [3.8, 4) is 11.5 Å². The molecule has 1 aliphatic rings. The number of para-hydroxylation sites is 1. The molecule has 0 fully saturated rings. The topological polar surface area (TPSA) is 49.8 Å². The number of amides is 1. The molecule has 1 atom stereocenters. The van der Waals surface area contributed by atoms with Gasteiger partial charge in [-0.15, -0.1) is 0 Å². The maximum absolute atomic E-state index is 12.7. The van der Waals surface area contributed by atoms with Crippen LogP contribution in [0.1, 0.15) is 34.5 Å². The quantitative estimate of drug-likeness (QED) is 0.921. The summed E-state index contributed by atoms with van der Waals surface area (Å²) in [4.78, 5) is 14.5. The summed E-state index contributed by atoms with van der Waals surface area (Å²) >= 11 is 0. The van der Waals surface area contributed by atoms with Crippen LogP contribution in [0.25, 0.3) is 0 Å². The Bertz CT molecular complexity index is 696. The number of benzene rings is 2. The van der Waals surface area contributed by atoms with Crippen molar-refractivity contribution in [1.29, 1.82) is 0 Å². The second-order valence-electron chi connectivity index (χ2n) is 5.16. The number of aromatic hydroxyl groups is 1. The van der Waals surface area contributed by atoms with Crippen LogP contribution in [0.3, 0.4) is 0 Å². The number of phenolic OH excluding ortho intramolecular Hbond substituents is 1. The van der Waals surface area contributed by atoms with Crippen molar-refractivity contribution in [2.24, 2.45) is 0 Å². The van der Waals surface area contributed by atoms with Gasteiger partial charge >= 0.3 is 0 Å². The average molecular weight is 283 g/mol. The summed E-state index contributed by atoms with van der Waals surface area (Å²) in [5.74, 6) is 0.0217. The number of hydrogen-bond donors (Lipinski definition) is 1. The molecule has 1 aliphatic heterocycles. The molecule has 4 nitrogen and oxygen atoms in total. The highest BCUT2D eigenvalue weighted by atomic mass is 16.5. The van der Waals surface area contributed by atoms with Gasteiger partial charge in [0.25, 0.3) is 5.91 Å². The van der Waals surface area contributed by atoms with E-state index in [-0.39, 0.29) is 23.3 Å². The van der Waals surface area contributed by atoms with Gasteiger partial charge in [-0.25, -0.2) is 0 Å². The van der Waals surface area contributed by atoms with E-state index < -0.39 is 0 Å². The molecular weight excluding hydrogens is 266 g/mol. The fraction of sp³-hybridized carbons (Fsp3) is 0.235. The van der Waals surface area contributed by atoms with Crippen molar-refractivity contribution in [3.05, 3.63) is 59.2 Å². The van der Waals surface area contributed by atoms with E-state index in [1.54, 1.807) is 23.1 Å². The molecular formula is C17H17NO3. The lowest BCUT2D eigenvalue weighted by molar-refractivity contribution is 0.0701. The number of hydrogen-bond acceptors (Lipinski definition) is 3. The Kier molecular flexibility index (Phi) is 3.29. The van der Waals surface area contributed by atoms with Crippen LogP contribution in [-0.4, -0.2) is 23.0 Å². The first kappa shape index (κ1) is 13.5. The van der Waals surface area contributed by atoms with Gasteiger partial charge < -0.3 is 14.7 Å². The van der Waals surface area contributed by atoms with Crippen LogP contribution in [0.5, 0.6) is 11.5 Å². The molecule has 0 spiro atoms. The maximum atomic E-state index is 12.7. The number of nitrogens with zero attached hydrogens (tertiary/aromatic N) is 1. The van der Waals surface area contributed by atoms with Gasteiger partial charge in [-0.1, -0.05) is 30.3 Å². The number of carbonyl (C=O) groups is 1. The fourth-order valence-electron chi connectivity index (χ4n) is 2.84. The standard InChI is InChI=1S/C17H17NO3/c1-11-13-7-4-3-6-12(13)10-18(11)17(20)14-8-5-9-15(21-2)16(14)19/h3-9,11,19H,10H2,1-2H3/t11-/m0/s1. The van der Waals surface area contributed by atoms with Crippen molar-refractivity contribution in [1.82, 2.24) is 4.90 Å². The lowest BCUT2D eigenvalue weighted by atomic mass is 10.1. The summed E-state index contributed by atoms with van der Waals surface area (Å²) in [5.41, 5.74) is 2.59. The fourth-order valence-corrected chi connectivity index (χ4v) is 2.84. The second-order valence-corrected chi connectivity index (χ2v) is 5.16. The highest BCUT2D eigenvalue weighted by Gasteiger charge is 2.32. The zero-order valence-corrected chi connectivity index (χ0v) is 12.0.